The van der Waals surface area contributed by atoms with E-state index in [-0.39, 0.29) is 17.9 Å². The van der Waals surface area contributed by atoms with Gasteiger partial charge in [0.15, 0.2) is 11.6 Å². The molecule has 2 aliphatic rings. The molecule has 11 heteroatoms. The first-order chi connectivity index (χ1) is 16.5. The van der Waals surface area contributed by atoms with E-state index >= 15 is 0 Å². The Morgan fingerprint density at radius 2 is 1.71 bits per heavy atom. The molecule has 6 rings (SSSR count). The maximum absolute atomic E-state index is 13.9. The molecule has 0 bridgehead atoms. The number of halogens is 2. The topological polar surface area (TPSA) is 104 Å². The van der Waals surface area contributed by atoms with Crippen LogP contribution in [0.4, 0.5) is 20.5 Å². The van der Waals surface area contributed by atoms with E-state index in [1.165, 1.54) is 12.1 Å². The number of hydrogen-bond acceptors (Lipinski definition) is 7. The van der Waals surface area contributed by atoms with Crippen molar-refractivity contribution in [1.82, 2.24) is 34.5 Å². The zero-order valence-corrected chi connectivity index (χ0v) is 18.6. The summed E-state index contributed by atoms with van der Waals surface area (Å²) in [5.41, 5.74) is 9.04. The number of fused-ring (bicyclic) bond motifs is 1. The summed E-state index contributed by atoms with van der Waals surface area (Å²) in [5, 5.41) is 8.37. The van der Waals surface area contributed by atoms with Gasteiger partial charge in [0.05, 0.1) is 17.5 Å². The average molecular weight is 463 g/mol. The van der Waals surface area contributed by atoms with Crippen LogP contribution >= 0.6 is 0 Å². The Kier molecular flexibility index (Phi) is 4.78. The van der Waals surface area contributed by atoms with Crippen molar-refractivity contribution >= 4 is 11.8 Å². The largest absolute Gasteiger partial charge is 0.368 e. The molecule has 0 radical (unpaired) electrons. The van der Waals surface area contributed by atoms with Crippen molar-refractivity contribution in [2.24, 2.45) is 7.05 Å². The van der Waals surface area contributed by atoms with Gasteiger partial charge in [-0.1, -0.05) is 5.21 Å². The van der Waals surface area contributed by atoms with Gasteiger partial charge in [-0.25, -0.2) is 23.7 Å². The maximum atomic E-state index is 13.9. The number of aryl methyl sites for hydroxylation is 1. The van der Waals surface area contributed by atoms with Gasteiger partial charge in [0.1, 0.15) is 11.6 Å². The number of benzene rings is 1. The summed E-state index contributed by atoms with van der Waals surface area (Å²) in [6.07, 6.45) is 9.23. The molecule has 34 heavy (non-hydrogen) atoms. The Morgan fingerprint density at radius 1 is 1.00 bits per heavy atom. The van der Waals surface area contributed by atoms with Gasteiger partial charge in [-0.05, 0) is 42.5 Å². The number of rotatable bonds is 4. The Labute approximate surface area is 194 Å². The molecule has 4 heterocycles. The van der Waals surface area contributed by atoms with Gasteiger partial charge in [-0.15, -0.1) is 5.10 Å². The van der Waals surface area contributed by atoms with E-state index in [4.69, 9.17) is 10.7 Å². The molecular formula is C23H23F2N9. The number of nitrogens with zero attached hydrogens (tertiary/aromatic N) is 8. The van der Waals surface area contributed by atoms with E-state index in [1.54, 1.807) is 17.1 Å². The Bertz CT molecular complexity index is 1330. The van der Waals surface area contributed by atoms with Gasteiger partial charge < -0.3 is 15.2 Å². The third-order valence-corrected chi connectivity index (χ3v) is 6.78. The van der Waals surface area contributed by atoms with Crippen LogP contribution in [0.25, 0.3) is 11.4 Å². The molecule has 0 saturated carbocycles. The Morgan fingerprint density at radius 3 is 2.35 bits per heavy atom. The first-order valence-electron chi connectivity index (χ1n) is 11.2. The number of aromatic nitrogens is 7. The smallest absolute Gasteiger partial charge is 0.219 e. The lowest BCUT2D eigenvalue weighted by Crippen LogP contribution is -2.25. The number of hydrogen-bond donors (Lipinski definition) is 1. The second-order valence-corrected chi connectivity index (χ2v) is 8.99. The molecule has 2 N–H and O–H groups in total. The van der Waals surface area contributed by atoms with Gasteiger partial charge in [-0.3, -0.25) is 4.68 Å². The minimum Gasteiger partial charge on any atom is -0.368 e. The van der Waals surface area contributed by atoms with Crippen molar-refractivity contribution in [2.75, 3.05) is 23.7 Å². The van der Waals surface area contributed by atoms with Crippen molar-refractivity contribution in [3.8, 4) is 11.4 Å². The van der Waals surface area contributed by atoms with Gasteiger partial charge in [0.2, 0.25) is 5.95 Å². The van der Waals surface area contributed by atoms with Crippen molar-refractivity contribution in [3.05, 3.63) is 65.4 Å². The summed E-state index contributed by atoms with van der Waals surface area (Å²) in [5.74, 6) is 0.484. The Hall–Kier alpha value is -3.89. The van der Waals surface area contributed by atoms with Crippen LogP contribution in [0.2, 0.25) is 0 Å². The molecule has 1 fully saturated rings. The van der Waals surface area contributed by atoms with Crippen LogP contribution in [-0.2, 0) is 19.9 Å². The molecule has 9 nitrogen and oxygen atoms in total. The Balaban J connectivity index is 1.38. The van der Waals surface area contributed by atoms with E-state index in [9.17, 15) is 8.78 Å². The quantitative estimate of drug-likeness (QED) is 0.496. The highest BCUT2D eigenvalue weighted by atomic mass is 19.2. The van der Waals surface area contributed by atoms with Crippen LogP contribution in [0.15, 0.2) is 36.9 Å². The maximum Gasteiger partial charge on any atom is 0.219 e. The van der Waals surface area contributed by atoms with Crippen LogP contribution in [-0.4, -0.2) is 47.6 Å². The summed E-state index contributed by atoms with van der Waals surface area (Å²) in [4.78, 5) is 15.3. The van der Waals surface area contributed by atoms with E-state index in [0.717, 1.165) is 47.7 Å². The summed E-state index contributed by atoms with van der Waals surface area (Å²) in [6, 6.07) is 2.58. The monoisotopic (exact) mass is 463 g/mol. The minimum atomic E-state index is -0.816. The highest BCUT2D eigenvalue weighted by Gasteiger charge is 2.33. The normalized spacial score (nSPS) is 18.1. The van der Waals surface area contributed by atoms with Crippen LogP contribution < -0.4 is 10.6 Å². The van der Waals surface area contributed by atoms with Crippen LogP contribution in [0.1, 0.15) is 35.2 Å². The lowest BCUT2D eigenvalue weighted by molar-refractivity contribution is 0.507. The highest BCUT2D eigenvalue weighted by Crippen LogP contribution is 2.39. The zero-order chi connectivity index (χ0) is 23.4. The van der Waals surface area contributed by atoms with Gasteiger partial charge in [0.25, 0.3) is 0 Å². The standard InChI is InChI=1S/C23H23F2N9/c1-32-12-20(30-31-32)13-2-3-33(11-13)21-10-27-22(16-8-28-23(26)29-9-16)34(21)17-4-14-6-18(24)19(25)7-15(14)5-17/h6-10,12-13,17H,2-5,11H2,1H3,(H2,26,28,29). The predicted octanol–water partition coefficient (Wildman–Crippen LogP) is 2.66. The molecule has 4 aromatic rings. The van der Waals surface area contributed by atoms with Crippen molar-refractivity contribution in [1.29, 1.82) is 0 Å². The number of anilines is 2. The third kappa shape index (κ3) is 3.47. The molecule has 1 aliphatic carbocycles. The SMILES string of the molecule is Cn1cc(C2CCN(c3cnc(-c4cnc(N)nc4)n3C3Cc4cc(F)c(F)cc4C3)C2)nn1. The summed E-state index contributed by atoms with van der Waals surface area (Å²) < 4.78 is 31.7. The lowest BCUT2D eigenvalue weighted by atomic mass is 10.1. The number of nitrogens with two attached hydrogens (primary N) is 1. The van der Waals surface area contributed by atoms with Gasteiger partial charge in [-0.2, -0.15) is 0 Å². The highest BCUT2D eigenvalue weighted by molar-refractivity contribution is 5.60. The lowest BCUT2D eigenvalue weighted by Gasteiger charge is -2.25. The second-order valence-electron chi connectivity index (χ2n) is 8.99. The van der Waals surface area contributed by atoms with Crippen molar-refractivity contribution < 1.29 is 8.78 Å². The van der Waals surface area contributed by atoms with Crippen LogP contribution in [0.3, 0.4) is 0 Å². The van der Waals surface area contributed by atoms with E-state index in [1.807, 2.05) is 19.4 Å². The molecule has 1 atom stereocenters. The second kappa shape index (κ2) is 7.86. The van der Waals surface area contributed by atoms with Crippen molar-refractivity contribution in [2.45, 2.75) is 31.2 Å². The molecule has 1 aromatic carbocycles. The molecule has 1 unspecified atom stereocenters. The molecule has 1 saturated heterocycles. The first kappa shape index (κ1) is 20.7. The van der Waals surface area contributed by atoms with E-state index in [0.29, 0.717) is 18.7 Å². The molecule has 0 amide bonds. The fraction of sp³-hybridized carbons (Fsp3) is 0.348. The molecule has 3 aromatic heterocycles. The molecule has 0 spiro atoms. The summed E-state index contributed by atoms with van der Waals surface area (Å²) in [6.45, 7) is 1.62. The van der Waals surface area contributed by atoms with Gasteiger partial charge >= 0.3 is 0 Å². The summed E-state index contributed by atoms with van der Waals surface area (Å²) >= 11 is 0. The zero-order valence-electron chi connectivity index (χ0n) is 18.6. The summed E-state index contributed by atoms with van der Waals surface area (Å²) in [7, 11) is 1.86. The molecule has 1 aliphatic heterocycles. The third-order valence-electron chi connectivity index (χ3n) is 6.78. The van der Waals surface area contributed by atoms with E-state index in [2.05, 4.69) is 29.7 Å². The predicted molar refractivity (Wildman–Crippen MR) is 121 cm³/mol. The van der Waals surface area contributed by atoms with E-state index < -0.39 is 11.6 Å². The number of imidazole rings is 1. The minimum absolute atomic E-state index is 0.0446. The van der Waals surface area contributed by atoms with Crippen molar-refractivity contribution in [3.63, 3.8) is 0 Å². The fourth-order valence-electron chi connectivity index (χ4n) is 5.15. The van der Waals surface area contributed by atoms with Gasteiger partial charge in [0, 0.05) is 50.7 Å². The fourth-order valence-corrected chi connectivity index (χ4v) is 5.15. The first-order valence-corrected chi connectivity index (χ1v) is 11.2. The van der Waals surface area contributed by atoms with Crippen LogP contribution in [0.5, 0.6) is 0 Å². The number of nitrogen functional groups attached to an aromatic ring is 1. The average Bonchev–Trinajstić information content (AvgIpc) is 3.59. The molecule has 174 valence electrons. The molecular weight excluding hydrogens is 440 g/mol. The van der Waals surface area contributed by atoms with Crippen LogP contribution in [0, 0.1) is 11.6 Å².